The van der Waals surface area contributed by atoms with E-state index in [1.807, 2.05) is 39.0 Å². The van der Waals surface area contributed by atoms with Crippen molar-refractivity contribution in [3.05, 3.63) is 164 Å². The number of ether oxygens (including phenoxy) is 1. The number of aryl methyl sites for hydroxylation is 6. The van der Waals surface area contributed by atoms with E-state index in [0.717, 1.165) is 243 Å². The molecule has 0 aliphatic rings. The Hall–Kier alpha value is -8.68. The number of rotatable bonds is 50. The predicted molar refractivity (Wildman–Crippen MR) is 582 cm³/mol. The Bertz CT molecular complexity index is 5190. The van der Waals surface area contributed by atoms with Gasteiger partial charge in [-0.15, -0.1) is 0 Å². The molecule has 0 saturated carbocycles. The van der Waals surface area contributed by atoms with Crippen molar-refractivity contribution in [1.82, 2.24) is 24.9 Å². The van der Waals surface area contributed by atoms with E-state index in [9.17, 15) is 34.2 Å². The van der Waals surface area contributed by atoms with Crippen molar-refractivity contribution in [1.29, 1.82) is 0 Å². The van der Waals surface area contributed by atoms with Gasteiger partial charge in [0.1, 0.15) is 5.75 Å². The minimum atomic E-state index is -0.165. The molecule has 0 bridgehead atoms. The van der Waals surface area contributed by atoms with Gasteiger partial charge in [0, 0.05) is 93.3 Å². The lowest BCUT2D eigenvalue weighted by atomic mass is 9.83. The maximum absolute atomic E-state index is 12.2. The molecule has 5 aromatic carbocycles. The van der Waals surface area contributed by atoms with Gasteiger partial charge in [0.2, 0.25) is 0 Å². The normalized spacial score (nSPS) is 11.7. The van der Waals surface area contributed by atoms with Crippen LogP contribution in [0.1, 0.15) is 368 Å². The second kappa shape index (κ2) is 58.9. The molecule has 0 saturated heterocycles. The Morgan fingerprint density at radius 2 is 0.704 bits per heavy atom. The molecule has 2 atom stereocenters. The quantitative estimate of drug-likeness (QED) is 0.0268. The Kier molecular flexibility index (Phi) is 50.2. The fourth-order valence-corrected chi connectivity index (χ4v) is 21.1. The molecule has 18 nitrogen and oxygen atoms in total. The topological polar surface area (TPSA) is 216 Å². The lowest BCUT2D eigenvalue weighted by Gasteiger charge is -2.31. The number of benzene rings is 5. The van der Waals surface area contributed by atoms with E-state index in [1.54, 1.807) is 34.8 Å². The van der Waals surface area contributed by atoms with Crippen LogP contribution in [0.4, 0.5) is 25.7 Å². The summed E-state index contributed by atoms with van der Waals surface area (Å²) in [6, 6.07) is 24.6. The number of aliphatic hydroxyl groups is 2. The molecule has 5 aromatic heterocycles. The zero-order valence-electron chi connectivity index (χ0n) is 87.3. The molecule has 10 aromatic rings. The highest BCUT2D eigenvalue weighted by molar-refractivity contribution is 7.19. The van der Waals surface area contributed by atoms with Crippen molar-refractivity contribution in [2.24, 2.45) is 23.7 Å². The van der Waals surface area contributed by atoms with Gasteiger partial charge in [-0.05, 0) is 229 Å². The van der Waals surface area contributed by atoms with E-state index >= 15 is 0 Å². The number of unbranched alkanes of at least 4 members (excludes halogenated alkanes) is 9. The largest absolute Gasteiger partial charge is 0.494 e. The summed E-state index contributed by atoms with van der Waals surface area (Å²) in [7, 11) is 0. The number of thiazole rings is 5. The smallest absolute Gasteiger partial charge is 0.186 e. The van der Waals surface area contributed by atoms with Crippen LogP contribution in [0.15, 0.2) is 72.8 Å². The summed E-state index contributed by atoms with van der Waals surface area (Å²) in [5, 5.41) is 23.6. The molecule has 0 aliphatic carbocycles. The fraction of sp³-hybridized carbons (Fsp3) is 0.554. The van der Waals surface area contributed by atoms with Gasteiger partial charge in [-0.1, -0.05) is 293 Å². The molecule has 0 amide bonds. The highest BCUT2D eigenvalue weighted by atomic mass is 32.1. The second-order valence-corrected chi connectivity index (χ2v) is 42.6. The molecule has 740 valence electrons. The molecule has 2 unspecified atom stereocenters. The van der Waals surface area contributed by atoms with Crippen LogP contribution in [0.25, 0.3) is 56.3 Å². The average molecular weight is 1940 g/mol. The van der Waals surface area contributed by atoms with E-state index in [0.29, 0.717) is 69.0 Å². The first kappa shape index (κ1) is 115. The molecule has 135 heavy (non-hydrogen) atoms. The summed E-state index contributed by atoms with van der Waals surface area (Å²) >= 11 is 7.50. The molecule has 23 heteroatoms. The molecule has 0 radical (unpaired) electrons. The summed E-state index contributed by atoms with van der Waals surface area (Å²) in [6.07, 6.45) is 21.5. The summed E-state index contributed by atoms with van der Waals surface area (Å²) in [4.78, 5) is 98.6. The number of aromatic nitrogens is 5. The molecule has 0 fully saturated rings. The minimum absolute atomic E-state index is 0.0865. The Balaban J connectivity index is 0.000000260. The highest BCUT2D eigenvalue weighted by Crippen LogP contribution is 2.45. The van der Waals surface area contributed by atoms with Crippen molar-refractivity contribution in [2.45, 2.75) is 315 Å². The van der Waals surface area contributed by atoms with Crippen LogP contribution in [-0.4, -0.2) is 139 Å². The van der Waals surface area contributed by atoms with Crippen LogP contribution in [0.2, 0.25) is 0 Å². The van der Waals surface area contributed by atoms with E-state index in [-0.39, 0.29) is 13.2 Å². The molecular weight excluding hydrogens is 1770 g/mol. The Labute approximate surface area is 832 Å². The van der Waals surface area contributed by atoms with Crippen LogP contribution in [0.5, 0.6) is 5.75 Å². The van der Waals surface area contributed by atoms with Crippen molar-refractivity contribution in [3.8, 4) is 62.0 Å². The standard InChI is InChI=1S/C27H42N2OS.C25H38N2OS.C24H36N2OS.C18H24N2O3S.C18H24N2O2S/c1-9-11-13-29(14-12-10-2)27-28-26(24(17-30)31-27)25-22(19(5)6)15-21(18(3)4)16-23(25)20(7)8;1-15(2)19(7)12-27(13-20(8)16(3)4)25-26-24(22(14-28)29-25)23-18(6)11-10-17(5)21(23)9;1-5-7-9-11-16-26(17-12-10-8-6-2)24-25-23(21(18-27)28-24)22-19(3)14-13-15-20(22)4;1-3-5-8-20(4-2)18-19-17(16(12-23)24-18)15-7-6-13(10-21)9-14(15)11-22;1-6-20(7-2)18-19-17(15(11-21)23-18)16-12(4)9-14(22-8-3)10-13(16)5/h15-20H,9-14H2,1-8H3;10-11,14-16,19-20H,12-13H2,1-9H3;13-15,18H,5-12,16-17H2,1-4H3;6-7,9,12,21-22H,3-5,8,10-11H2,1-2H3;9-11H,6-8H2,1-5H3. The first-order valence-corrected chi connectivity index (χ1v) is 54.2. The maximum Gasteiger partial charge on any atom is 0.186 e. The van der Waals surface area contributed by atoms with Crippen LogP contribution in [0.3, 0.4) is 0 Å². The van der Waals surface area contributed by atoms with Crippen LogP contribution in [-0.2, 0) is 13.2 Å². The van der Waals surface area contributed by atoms with Crippen LogP contribution in [0, 0.1) is 72.1 Å². The fourth-order valence-electron chi connectivity index (χ4n) is 16.3. The van der Waals surface area contributed by atoms with E-state index in [4.69, 9.17) is 24.7 Å². The maximum atomic E-state index is 12.2. The minimum Gasteiger partial charge on any atom is -0.494 e. The van der Waals surface area contributed by atoms with Gasteiger partial charge in [-0.25, -0.2) is 24.9 Å². The third-order valence-electron chi connectivity index (χ3n) is 25.5. The zero-order valence-corrected chi connectivity index (χ0v) is 91.4. The van der Waals surface area contributed by atoms with Gasteiger partial charge in [0.25, 0.3) is 0 Å². The first-order valence-electron chi connectivity index (χ1n) is 50.1. The van der Waals surface area contributed by atoms with Crippen LogP contribution >= 0.6 is 56.7 Å². The van der Waals surface area contributed by atoms with Crippen molar-refractivity contribution < 1.29 is 38.9 Å². The van der Waals surface area contributed by atoms with Crippen molar-refractivity contribution in [3.63, 3.8) is 0 Å². The first-order chi connectivity index (χ1) is 64.6. The lowest BCUT2D eigenvalue weighted by Crippen LogP contribution is -2.35. The molecular formula is C112H164N10O8S5. The van der Waals surface area contributed by atoms with Crippen molar-refractivity contribution in [2.75, 3.05) is 96.6 Å². The Morgan fingerprint density at radius 1 is 0.348 bits per heavy atom. The number of aliphatic hydroxyl groups excluding tert-OH is 2. The summed E-state index contributed by atoms with van der Waals surface area (Å²) in [5.74, 6) is 4.40. The average Bonchev–Trinajstić information content (AvgIpc) is 1.68. The third-order valence-corrected chi connectivity index (χ3v) is 30.8. The van der Waals surface area contributed by atoms with Crippen LogP contribution < -0.4 is 29.2 Å². The number of nitrogens with zero attached hydrogens (tertiary/aromatic N) is 10. The summed E-state index contributed by atoms with van der Waals surface area (Å²) in [6.45, 7) is 71.0. The van der Waals surface area contributed by atoms with Gasteiger partial charge in [0.15, 0.2) is 57.1 Å². The van der Waals surface area contributed by atoms with E-state index in [1.165, 1.54) is 135 Å². The van der Waals surface area contributed by atoms with E-state index < -0.39 is 0 Å². The number of aldehydes is 5. The predicted octanol–water partition coefficient (Wildman–Crippen LogP) is 30.3. The summed E-state index contributed by atoms with van der Waals surface area (Å²) in [5.41, 5.74) is 22.7. The number of anilines is 5. The van der Waals surface area contributed by atoms with Crippen molar-refractivity contribution >= 4 is 114 Å². The van der Waals surface area contributed by atoms with Gasteiger partial charge in [0.05, 0.1) is 72.7 Å². The van der Waals surface area contributed by atoms with Gasteiger partial charge in [-0.3, -0.25) is 24.0 Å². The highest BCUT2D eigenvalue weighted by Gasteiger charge is 2.30. The number of hydrogen-bond acceptors (Lipinski definition) is 23. The number of carbonyl (C=O) groups is 5. The molecule has 0 spiro atoms. The lowest BCUT2D eigenvalue weighted by molar-refractivity contribution is 0.111. The number of hydrogen-bond donors (Lipinski definition) is 2. The number of carbonyl (C=O) groups excluding carboxylic acids is 5. The summed E-state index contributed by atoms with van der Waals surface area (Å²) < 4.78 is 5.60. The second-order valence-electron chi connectivity index (χ2n) is 37.6. The third kappa shape index (κ3) is 32.5. The Morgan fingerprint density at radius 3 is 1.08 bits per heavy atom. The zero-order chi connectivity index (χ0) is 99.9. The molecule has 2 N–H and O–H groups in total. The van der Waals surface area contributed by atoms with Gasteiger partial charge < -0.3 is 39.4 Å². The van der Waals surface area contributed by atoms with Gasteiger partial charge in [-0.2, -0.15) is 0 Å². The molecule has 5 heterocycles. The van der Waals surface area contributed by atoms with E-state index in [2.05, 4.69) is 245 Å². The molecule has 0 aliphatic heterocycles. The van der Waals surface area contributed by atoms with Gasteiger partial charge >= 0.3 is 0 Å². The molecule has 10 rings (SSSR count). The SMILES string of the molecule is CCCCCCN(CCCCCC)c1nc(-c2c(C)cccc2C)c(C=O)s1.CCCCN(CC)c1nc(-c2ccc(CO)cc2CO)c(C=O)s1.CCCCN(CCCC)c1nc(-c2c(C(C)C)cc(C(C)C)cc2C(C)C)c(C=O)s1.CCOc1cc(C)c(-c2nc(N(CC)CC)sc2C=O)c(C)c1.Cc1ccc(C)c(-c2nc(N(CC(C)C(C)C)CC(C)C(C)C)sc2C=O)c1C. The monoisotopic (exact) mass is 1940 g/mol.